The van der Waals surface area contributed by atoms with E-state index in [1.54, 1.807) is 21.1 Å². The van der Waals surface area contributed by atoms with Crippen molar-refractivity contribution in [2.45, 2.75) is 13.5 Å². The lowest BCUT2D eigenvalue weighted by Gasteiger charge is -2.19. The third-order valence-corrected chi connectivity index (χ3v) is 3.89. The summed E-state index contributed by atoms with van der Waals surface area (Å²) in [4.78, 5) is 28.8. The van der Waals surface area contributed by atoms with Crippen LogP contribution in [-0.4, -0.2) is 52.3 Å². The molecule has 2 aromatic rings. The van der Waals surface area contributed by atoms with Gasteiger partial charge in [-0.15, -0.1) is 0 Å². The van der Waals surface area contributed by atoms with Gasteiger partial charge in [0.15, 0.2) is 0 Å². The van der Waals surface area contributed by atoms with Gasteiger partial charge in [0.1, 0.15) is 11.6 Å². The molecule has 1 atom stereocenters. The maximum Gasteiger partial charge on any atom is 0.317 e. The number of carboxylic acids is 1. The molecule has 1 aromatic heterocycles. The minimum Gasteiger partial charge on any atom is -0.497 e. The Hall–Kier alpha value is -2.77. The maximum atomic E-state index is 12.1. The molecule has 0 saturated heterocycles. The molecule has 0 aliphatic rings. The summed E-state index contributed by atoms with van der Waals surface area (Å²) >= 11 is 0. The summed E-state index contributed by atoms with van der Waals surface area (Å²) in [6.07, 6.45) is 0. The van der Waals surface area contributed by atoms with Gasteiger partial charge in [0.05, 0.1) is 30.6 Å². The van der Waals surface area contributed by atoms with E-state index in [0.717, 1.165) is 16.8 Å². The third kappa shape index (κ3) is 3.76. The van der Waals surface area contributed by atoms with Crippen molar-refractivity contribution in [2.75, 3.05) is 20.7 Å². The fourth-order valence-corrected chi connectivity index (χ4v) is 2.38. The predicted molar refractivity (Wildman–Crippen MR) is 88.9 cm³/mol. The van der Waals surface area contributed by atoms with Crippen molar-refractivity contribution >= 4 is 23.0 Å². The lowest BCUT2D eigenvalue weighted by atomic mass is 10.2. The topological polar surface area (TPSA) is 96.7 Å². The van der Waals surface area contributed by atoms with Crippen LogP contribution in [0.3, 0.4) is 0 Å². The number of nitrogens with one attached hydrogen (secondary N) is 1. The van der Waals surface area contributed by atoms with Crippen LogP contribution in [0.4, 0.5) is 4.79 Å². The zero-order valence-electron chi connectivity index (χ0n) is 14.2. The second-order valence-electron chi connectivity index (χ2n) is 5.72. The summed E-state index contributed by atoms with van der Waals surface area (Å²) in [5, 5.41) is 11.7. The number of urea groups is 1. The standard InChI is InChI=1S/C16H22N4O4/c1-10(15(21)22)9-19(2)16(23)17-8-14-18-12-7-11(24-4)5-6-13(12)20(14)3/h5-7,10H,8-9H2,1-4H3,(H,17,23)(H,21,22). The van der Waals surface area contributed by atoms with Crippen LogP contribution in [0.5, 0.6) is 5.75 Å². The van der Waals surface area contributed by atoms with Crippen molar-refractivity contribution < 1.29 is 19.4 Å². The molecule has 1 heterocycles. The van der Waals surface area contributed by atoms with Gasteiger partial charge >= 0.3 is 12.0 Å². The summed E-state index contributed by atoms with van der Waals surface area (Å²) in [5.74, 6) is -0.132. The Balaban J connectivity index is 2.03. The lowest BCUT2D eigenvalue weighted by molar-refractivity contribution is -0.141. The SMILES string of the molecule is COc1ccc2c(c1)nc(CNC(=O)N(C)CC(C)C(=O)O)n2C. The van der Waals surface area contributed by atoms with Crippen molar-refractivity contribution in [3.8, 4) is 5.75 Å². The molecule has 0 radical (unpaired) electrons. The molecule has 0 bridgehead atoms. The number of hydrogen-bond donors (Lipinski definition) is 2. The molecule has 1 unspecified atom stereocenters. The molecular formula is C16H22N4O4. The molecule has 0 aliphatic carbocycles. The Labute approximate surface area is 140 Å². The summed E-state index contributed by atoms with van der Waals surface area (Å²) in [6, 6.07) is 5.26. The predicted octanol–water partition coefficient (Wildman–Crippen LogP) is 1.44. The highest BCUT2D eigenvalue weighted by molar-refractivity contribution is 5.78. The fraction of sp³-hybridized carbons (Fsp3) is 0.438. The second kappa shape index (κ2) is 7.20. The van der Waals surface area contributed by atoms with E-state index in [9.17, 15) is 9.59 Å². The molecular weight excluding hydrogens is 312 g/mol. The molecule has 24 heavy (non-hydrogen) atoms. The Kier molecular flexibility index (Phi) is 5.28. The number of aromatic nitrogens is 2. The normalized spacial score (nSPS) is 12.0. The number of aliphatic carboxylic acids is 1. The summed E-state index contributed by atoms with van der Waals surface area (Å²) in [5.41, 5.74) is 1.72. The third-order valence-electron chi connectivity index (χ3n) is 3.89. The van der Waals surface area contributed by atoms with Crippen molar-refractivity contribution in [2.24, 2.45) is 13.0 Å². The number of carboxylic acid groups (broad SMARTS) is 1. The van der Waals surface area contributed by atoms with E-state index in [0.29, 0.717) is 5.82 Å². The van der Waals surface area contributed by atoms with Crippen molar-refractivity contribution in [1.82, 2.24) is 19.8 Å². The summed E-state index contributed by atoms with van der Waals surface area (Å²) in [6.45, 7) is 1.95. The second-order valence-corrected chi connectivity index (χ2v) is 5.72. The molecule has 1 aromatic carbocycles. The minimum absolute atomic E-state index is 0.140. The molecule has 2 rings (SSSR count). The molecule has 0 saturated carbocycles. The number of nitrogens with zero attached hydrogens (tertiary/aromatic N) is 3. The number of fused-ring (bicyclic) bond motifs is 1. The Morgan fingerprint density at radius 3 is 2.79 bits per heavy atom. The number of methoxy groups -OCH3 is 1. The van der Waals surface area contributed by atoms with Crippen LogP contribution in [0.2, 0.25) is 0 Å². The number of rotatable bonds is 6. The van der Waals surface area contributed by atoms with Gasteiger partial charge in [-0.05, 0) is 12.1 Å². The molecule has 8 heteroatoms. The van der Waals surface area contributed by atoms with Crippen LogP contribution in [0.25, 0.3) is 11.0 Å². The zero-order valence-corrected chi connectivity index (χ0v) is 14.2. The number of benzene rings is 1. The lowest BCUT2D eigenvalue weighted by Crippen LogP contribution is -2.40. The molecule has 0 aliphatic heterocycles. The van der Waals surface area contributed by atoms with Crippen LogP contribution in [-0.2, 0) is 18.4 Å². The van der Waals surface area contributed by atoms with Crippen LogP contribution < -0.4 is 10.1 Å². The molecule has 2 N–H and O–H groups in total. The first kappa shape index (κ1) is 17.6. The van der Waals surface area contributed by atoms with Crippen molar-refractivity contribution in [3.63, 3.8) is 0 Å². The van der Waals surface area contributed by atoms with E-state index < -0.39 is 11.9 Å². The van der Waals surface area contributed by atoms with Gasteiger partial charge in [-0.25, -0.2) is 9.78 Å². The quantitative estimate of drug-likeness (QED) is 0.833. The van der Waals surface area contributed by atoms with Crippen molar-refractivity contribution in [1.29, 1.82) is 0 Å². The molecule has 8 nitrogen and oxygen atoms in total. The van der Waals surface area contributed by atoms with Gasteiger partial charge in [0.2, 0.25) is 0 Å². The van der Waals surface area contributed by atoms with Crippen LogP contribution in [0.15, 0.2) is 18.2 Å². The monoisotopic (exact) mass is 334 g/mol. The number of ether oxygens (including phenoxy) is 1. The highest BCUT2D eigenvalue weighted by atomic mass is 16.5. The van der Waals surface area contributed by atoms with E-state index in [2.05, 4.69) is 10.3 Å². The van der Waals surface area contributed by atoms with E-state index in [1.807, 2.05) is 29.8 Å². The van der Waals surface area contributed by atoms with E-state index in [4.69, 9.17) is 9.84 Å². The Morgan fingerprint density at radius 2 is 2.17 bits per heavy atom. The summed E-state index contributed by atoms with van der Waals surface area (Å²) < 4.78 is 7.08. The van der Waals surface area contributed by atoms with Gasteiger partial charge in [0, 0.05) is 26.7 Å². The van der Waals surface area contributed by atoms with Gasteiger partial charge in [-0.3, -0.25) is 4.79 Å². The van der Waals surface area contributed by atoms with E-state index in [-0.39, 0.29) is 19.1 Å². The van der Waals surface area contributed by atoms with E-state index >= 15 is 0 Å². The number of imidazole rings is 1. The number of carbonyl (C=O) groups is 2. The summed E-state index contributed by atoms with van der Waals surface area (Å²) in [7, 11) is 5.03. The first-order valence-corrected chi connectivity index (χ1v) is 7.54. The fourth-order valence-electron chi connectivity index (χ4n) is 2.38. The first-order chi connectivity index (χ1) is 11.3. The number of amides is 2. The molecule has 0 fully saturated rings. The zero-order chi connectivity index (χ0) is 17.9. The van der Waals surface area contributed by atoms with Gasteiger partial charge in [-0.1, -0.05) is 6.92 Å². The van der Waals surface area contributed by atoms with Gasteiger partial charge in [0.25, 0.3) is 0 Å². The van der Waals surface area contributed by atoms with Gasteiger partial charge in [-0.2, -0.15) is 0 Å². The minimum atomic E-state index is -0.932. The van der Waals surface area contributed by atoms with Crippen LogP contribution in [0.1, 0.15) is 12.7 Å². The highest BCUT2D eigenvalue weighted by Crippen LogP contribution is 2.20. The average Bonchev–Trinajstić information content (AvgIpc) is 2.87. The van der Waals surface area contributed by atoms with E-state index in [1.165, 1.54) is 4.90 Å². The van der Waals surface area contributed by atoms with Crippen LogP contribution >= 0.6 is 0 Å². The molecule has 130 valence electrons. The Morgan fingerprint density at radius 1 is 1.46 bits per heavy atom. The first-order valence-electron chi connectivity index (χ1n) is 7.54. The largest absolute Gasteiger partial charge is 0.497 e. The smallest absolute Gasteiger partial charge is 0.317 e. The van der Waals surface area contributed by atoms with Crippen LogP contribution in [0, 0.1) is 5.92 Å². The Bertz CT molecular complexity index is 756. The van der Waals surface area contributed by atoms with Crippen molar-refractivity contribution in [3.05, 3.63) is 24.0 Å². The highest BCUT2D eigenvalue weighted by Gasteiger charge is 2.18. The number of carbonyl (C=O) groups excluding carboxylic acids is 1. The molecule has 0 spiro atoms. The number of aryl methyl sites for hydroxylation is 1. The van der Waals surface area contributed by atoms with Gasteiger partial charge < -0.3 is 24.6 Å². The average molecular weight is 334 g/mol. The number of hydrogen-bond acceptors (Lipinski definition) is 4. The maximum absolute atomic E-state index is 12.1. The molecule has 2 amide bonds.